The van der Waals surface area contributed by atoms with Gasteiger partial charge >= 0.3 is 0 Å². The Balaban J connectivity index is 1.34. The molecule has 2 fully saturated rings. The molecule has 1 spiro atoms. The lowest BCUT2D eigenvalue weighted by molar-refractivity contribution is -0.241. The van der Waals surface area contributed by atoms with Gasteiger partial charge in [0.15, 0.2) is 0 Å². The van der Waals surface area contributed by atoms with Crippen LogP contribution < -0.4 is 0 Å². The van der Waals surface area contributed by atoms with Crippen LogP contribution in [-0.2, 0) is 29.8 Å². The number of amides is 1. The fourth-order valence-corrected chi connectivity index (χ4v) is 3.41. The lowest BCUT2D eigenvalue weighted by Crippen LogP contribution is -2.61. The first-order valence-electron chi connectivity index (χ1n) is 7.85. The molecule has 0 bridgehead atoms. The summed E-state index contributed by atoms with van der Waals surface area (Å²) in [6, 6.07) is 9.95. The van der Waals surface area contributed by atoms with E-state index in [2.05, 4.69) is 10.00 Å². The minimum atomic E-state index is -0.325. The van der Waals surface area contributed by atoms with Crippen molar-refractivity contribution in [2.75, 3.05) is 13.1 Å². The van der Waals surface area contributed by atoms with Gasteiger partial charge in [-0.05, 0) is 5.56 Å². The lowest BCUT2D eigenvalue weighted by atomic mass is 9.90. The number of likely N-dealkylation sites (tertiary alicyclic amines) is 1. The zero-order chi connectivity index (χ0) is 15.9. The summed E-state index contributed by atoms with van der Waals surface area (Å²) in [4.78, 5) is 20.5. The molecule has 0 atom stereocenters. The molecule has 2 saturated heterocycles. The Morgan fingerprint density at radius 3 is 2.65 bits per heavy atom. The first-order valence-corrected chi connectivity index (χ1v) is 7.85. The van der Waals surface area contributed by atoms with Crippen LogP contribution in [0.1, 0.15) is 17.5 Å². The summed E-state index contributed by atoms with van der Waals surface area (Å²) in [5.74, 6) is 0.0786. The van der Waals surface area contributed by atoms with Crippen LogP contribution in [0.15, 0.2) is 42.7 Å². The molecule has 1 amide bonds. The van der Waals surface area contributed by atoms with E-state index in [4.69, 9.17) is 4.84 Å². The van der Waals surface area contributed by atoms with Gasteiger partial charge in [0.2, 0.25) is 5.91 Å². The second-order valence-electron chi connectivity index (χ2n) is 6.53. The molecule has 2 aliphatic heterocycles. The van der Waals surface area contributed by atoms with Crippen molar-refractivity contribution >= 4 is 5.91 Å². The highest BCUT2D eigenvalue weighted by atomic mass is 16.7. The van der Waals surface area contributed by atoms with Crippen LogP contribution in [0.2, 0.25) is 0 Å². The number of benzene rings is 1. The summed E-state index contributed by atoms with van der Waals surface area (Å²) >= 11 is 0. The van der Waals surface area contributed by atoms with Gasteiger partial charge in [-0.3, -0.25) is 19.2 Å². The van der Waals surface area contributed by atoms with E-state index in [1.54, 1.807) is 0 Å². The second-order valence-corrected chi connectivity index (χ2v) is 6.53. The predicted molar refractivity (Wildman–Crippen MR) is 83.9 cm³/mol. The van der Waals surface area contributed by atoms with E-state index in [-0.39, 0.29) is 11.5 Å². The molecule has 6 nitrogen and oxygen atoms in total. The van der Waals surface area contributed by atoms with Crippen LogP contribution >= 0.6 is 0 Å². The normalized spacial score (nSPS) is 20.2. The zero-order valence-corrected chi connectivity index (χ0v) is 13.2. The average molecular weight is 312 g/mol. The van der Waals surface area contributed by atoms with Gasteiger partial charge in [0.05, 0.1) is 19.2 Å². The van der Waals surface area contributed by atoms with Gasteiger partial charge < -0.3 is 0 Å². The van der Waals surface area contributed by atoms with Gasteiger partial charge in [0, 0.05) is 38.4 Å². The molecule has 2 aromatic rings. The molecule has 0 N–H and O–H groups in total. The van der Waals surface area contributed by atoms with Crippen LogP contribution in [-0.4, -0.2) is 44.3 Å². The van der Waals surface area contributed by atoms with E-state index in [1.807, 2.05) is 54.5 Å². The minimum Gasteiger partial charge on any atom is -0.293 e. The number of aryl methyl sites for hydroxylation is 1. The van der Waals surface area contributed by atoms with Gasteiger partial charge in [-0.2, -0.15) is 5.10 Å². The third-order valence-electron chi connectivity index (χ3n) is 4.41. The highest BCUT2D eigenvalue weighted by Crippen LogP contribution is 2.37. The summed E-state index contributed by atoms with van der Waals surface area (Å²) in [6.07, 6.45) is 4.38. The molecule has 3 heterocycles. The summed E-state index contributed by atoms with van der Waals surface area (Å²) in [5.41, 5.74) is 1.95. The number of hydroxylamine groups is 2. The molecule has 6 heteroatoms. The number of carbonyl (C=O) groups excluding carboxylic acids is 1. The topological polar surface area (TPSA) is 50.6 Å². The molecule has 0 radical (unpaired) electrons. The number of hydrogen-bond donors (Lipinski definition) is 0. The molecule has 1 aromatic heterocycles. The number of aromatic nitrogens is 2. The van der Waals surface area contributed by atoms with Crippen LogP contribution in [0.5, 0.6) is 0 Å². The fourth-order valence-electron chi connectivity index (χ4n) is 3.41. The maximum absolute atomic E-state index is 12.2. The number of hydrogen-bond acceptors (Lipinski definition) is 4. The van der Waals surface area contributed by atoms with Gasteiger partial charge in [0.1, 0.15) is 5.60 Å². The number of carbonyl (C=O) groups is 1. The predicted octanol–water partition coefficient (Wildman–Crippen LogP) is 1.34. The van der Waals surface area contributed by atoms with Gasteiger partial charge in [-0.25, -0.2) is 5.06 Å². The SMILES string of the molecule is Cn1cc(CN2CC3(CC(=O)N(Cc4ccccc4)O3)C2)cn1. The van der Waals surface area contributed by atoms with Crippen molar-refractivity contribution in [1.29, 1.82) is 0 Å². The van der Waals surface area contributed by atoms with Crippen LogP contribution in [0.4, 0.5) is 0 Å². The van der Waals surface area contributed by atoms with Crippen molar-refractivity contribution in [3.8, 4) is 0 Å². The highest BCUT2D eigenvalue weighted by molar-refractivity contribution is 5.78. The maximum atomic E-state index is 12.2. The Kier molecular flexibility index (Phi) is 3.43. The summed E-state index contributed by atoms with van der Waals surface area (Å²) < 4.78 is 1.81. The molecule has 120 valence electrons. The molecule has 23 heavy (non-hydrogen) atoms. The fraction of sp³-hybridized carbons (Fsp3) is 0.412. The highest BCUT2D eigenvalue weighted by Gasteiger charge is 2.53. The molecule has 0 saturated carbocycles. The van der Waals surface area contributed by atoms with Crippen molar-refractivity contribution in [3.63, 3.8) is 0 Å². The van der Waals surface area contributed by atoms with E-state index in [0.717, 1.165) is 25.2 Å². The van der Waals surface area contributed by atoms with Crippen molar-refractivity contribution in [2.24, 2.45) is 7.05 Å². The number of nitrogens with zero attached hydrogens (tertiary/aromatic N) is 4. The maximum Gasteiger partial charge on any atom is 0.249 e. The molecule has 1 aromatic carbocycles. The van der Waals surface area contributed by atoms with Crippen LogP contribution in [0.25, 0.3) is 0 Å². The third kappa shape index (κ3) is 2.87. The number of rotatable bonds is 4. The zero-order valence-electron chi connectivity index (χ0n) is 13.2. The third-order valence-corrected chi connectivity index (χ3v) is 4.41. The van der Waals surface area contributed by atoms with E-state index in [1.165, 1.54) is 10.6 Å². The molecular weight excluding hydrogens is 292 g/mol. The Morgan fingerprint density at radius 1 is 1.17 bits per heavy atom. The monoisotopic (exact) mass is 312 g/mol. The summed E-state index contributed by atoms with van der Waals surface area (Å²) in [7, 11) is 1.92. The second kappa shape index (κ2) is 5.47. The molecule has 0 unspecified atom stereocenters. The van der Waals surface area contributed by atoms with Crippen LogP contribution in [0, 0.1) is 0 Å². The van der Waals surface area contributed by atoms with E-state index < -0.39 is 0 Å². The summed E-state index contributed by atoms with van der Waals surface area (Å²) in [5, 5.41) is 5.71. The van der Waals surface area contributed by atoms with Gasteiger partial charge in [-0.1, -0.05) is 30.3 Å². The van der Waals surface area contributed by atoms with Gasteiger partial charge in [-0.15, -0.1) is 0 Å². The van der Waals surface area contributed by atoms with Crippen LogP contribution in [0.3, 0.4) is 0 Å². The Bertz CT molecular complexity index is 706. The van der Waals surface area contributed by atoms with E-state index in [0.29, 0.717) is 13.0 Å². The molecule has 2 aliphatic rings. The molecular formula is C17H20N4O2. The standard InChI is InChI=1S/C17H20N4O2/c1-19-9-15(8-18-19)10-20-12-17(13-20)7-16(22)21(23-17)11-14-5-3-2-4-6-14/h2-6,8-9H,7,10-13H2,1H3. The van der Waals surface area contributed by atoms with Gasteiger partial charge in [0.25, 0.3) is 0 Å². The average Bonchev–Trinajstić information content (AvgIpc) is 3.04. The Hall–Kier alpha value is -2.18. The van der Waals surface area contributed by atoms with Crippen molar-refractivity contribution in [1.82, 2.24) is 19.7 Å². The van der Waals surface area contributed by atoms with E-state index in [9.17, 15) is 4.79 Å². The first-order chi connectivity index (χ1) is 11.1. The minimum absolute atomic E-state index is 0.0786. The Labute approximate surface area is 135 Å². The lowest BCUT2D eigenvalue weighted by Gasteiger charge is -2.45. The molecule has 4 rings (SSSR count). The first kappa shape index (κ1) is 14.4. The largest absolute Gasteiger partial charge is 0.293 e. The summed E-state index contributed by atoms with van der Waals surface area (Å²) in [6.45, 7) is 2.95. The van der Waals surface area contributed by atoms with E-state index >= 15 is 0 Å². The Morgan fingerprint density at radius 2 is 1.96 bits per heavy atom. The van der Waals surface area contributed by atoms with Crippen molar-refractivity contribution in [2.45, 2.75) is 25.1 Å². The molecule has 0 aliphatic carbocycles. The van der Waals surface area contributed by atoms with Crippen molar-refractivity contribution < 1.29 is 9.63 Å². The van der Waals surface area contributed by atoms with Crippen molar-refractivity contribution in [3.05, 3.63) is 53.9 Å². The smallest absolute Gasteiger partial charge is 0.249 e. The quantitative estimate of drug-likeness (QED) is 0.855.